The fourth-order valence-corrected chi connectivity index (χ4v) is 2.45. The van der Waals surface area contributed by atoms with Gasteiger partial charge in [-0.15, -0.1) is 0 Å². The molecular weight excluding hydrogens is 282 g/mol. The number of halogens is 1. The molecule has 0 unspecified atom stereocenters. The van der Waals surface area contributed by atoms with Crippen LogP contribution in [0.5, 0.6) is 0 Å². The van der Waals surface area contributed by atoms with Crippen molar-refractivity contribution in [2.24, 2.45) is 0 Å². The van der Waals surface area contributed by atoms with Crippen LogP contribution in [0.25, 0.3) is 10.8 Å². The van der Waals surface area contributed by atoms with Crippen LogP contribution in [0.3, 0.4) is 0 Å². The van der Waals surface area contributed by atoms with Crippen molar-refractivity contribution in [3.63, 3.8) is 0 Å². The molecular formula is C18H15ClNO+. The smallest absolute Gasteiger partial charge is 0.176 e. The molecule has 0 saturated carbocycles. The van der Waals surface area contributed by atoms with E-state index in [-0.39, 0.29) is 5.78 Å². The van der Waals surface area contributed by atoms with E-state index in [1.165, 1.54) is 10.8 Å². The number of pyridine rings is 1. The third-order valence-corrected chi connectivity index (χ3v) is 3.76. The molecule has 2 aromatic carbocycles. The van der Waals surface area contributed by atoms with E-state index in [1.54, 1.807) is 24.3 Å². The molecule has 0 bridgehead atoms. The summed E-state index contributed by atoms with van der Waals surface area (Å²) in [5.41, 5.74) is 0.709. The number of carbonyl (C=O) groups is 1. The maximum absolute atomic E-state index is 12.1. The van der Waals surface area contributed by atoms with Crippen LogP contribution in [-0.4, -0.2) is 5.78 Å². The summed E-state index contributed by atoms with van der Waals surface area (Å²) in [4.78, 5) is 12.1. The first-order chi connectivity index (χ1) is 10.2. The lowest BCUT2D eigenvalue weighted by atomic mass is 10.1. The number of benzene rings is 2. The Hall–Kier alpha value is -2.19. The van der Waals surface area contributed by atoms with Crippen molar-refractivity contribution < 1.29 is 9.36 Å². The molecule has 0 N–H and O–H groups in total. The third-order valence-electron chi connectivity index (χ3n) is 3.51. The average Bonchev–Trinajstić information content (AvgIpc) is 2.53. The van der Waals surface area contributed by atoms with Gasteiger partial charge in [-0.05, 0) is 35.7 Å². The molecule has 2 nitrogen and oxygen atoms in total. The third kappa shape index (κ3) is 3.29. The van der Waals surface area contributed by atoms with E-state index in [1.807, 2.05) is 18.3 Å². The van der Waals surface area contributed by atoms with Crippen molar-refractivity contribution in [1.82, 2.24) is 0 Å². The van der Waals surface area contributed by atoms with Crippen LogP contribution in [0.1, 0.15) is 16.8 Å². The minimum absolute atomic E-state index is 0.132. The van der Waals surface area contributed by atoms with Gasteiger partial charge >= 0.3 is 0 Å². The second kappa shape index (κ2) is 6.06. The molecule has 0 atom stereocenters. The van der Waals surface area contributed by atoms with Gasteiger partial charge in [0.1, 0.15) is 0 Å². The molecule has 0 aliphatic carbocycles. The molecule has 0 aliphatic heterocycles. The van der Waals surface area contributed by atoms with Crippen LogP contribution in [0, 0.1) is 0 Å². The zero-order chi connectivity index (χ0) is 14.7. The number of hydrogen-bond acceptors (Lipinski definition) is 1. The van der Waals surface area contributed by atoms with Crippen molar-refractivity contribution in [2.75, 3.05) is 0 Å². The Balaban J connectivity index is 1.71. The van der Waals surface area contributed by atoms with E-state index in [9.17, 15) is 4.79 Å². The van der Waals surface area contributed by atoms with Gasteiger partial charge in [0, 0.05) is 22.0 Å². The standard InChI is InChI=1S/C18H15ClNO/c19-17-7-5-15(6-8-17)18(21)10-12-20-11-9-14-3-1-2-4-16(14)13-20/h1-9,11,13H,10,12H2/q+1. The van der Waals surface area contributed by atoms with Crippen LogP contribution in [0.4, 0.5) is 0 Å². The maximum atomic E-state index is 12.1. The van der Waals surface area contributed by atoms with Gasteiger partial charge in [0.05, 0.1) is 6.42 Å². The quantitative estimate of drug-likeness (QED) is 0.525. The van der Waals surface area contributed by atoms with Crippen molar-refractivity contribution in [3.8, 4) is 0 Å². The molecule has 3 rings (SSSR count). The Morgan fingerprint density at radius 3 is 2.43 bits per heavy atom. The predicted molar refractivity (Wildman–Crippen MR) is 84.5 cm³/mol. The Bertz CT molecular complexity index is 781. The molecule has 21 heavy (non-hydrogen) atoms. The average molecular weight is 297 g/mol. The number of hydrogen-bond donors (Lipinski definition) is 0. The summed E-state index contributed by atoms with van der Waals surface area (Å²) in [5.74, 6) is 0.132. The summed E-state index contributed by atoms with van der Waals surface area (Å²) in [7, 11) is 0. The van der Waals surface area contributed by atoms with E-state index in [0.29, 0.717) is 23.6 Å². The van der Waals surface area contributed by atoms with Gasteiger partial charge in [-0.2, -0.15) is 0 Å². The van der Waals surface area contributed by atoms with E-state index >= 15 is 0 Å². The molecule has 0 spiro atoms. The summed E-state index contributed by atoms with van der Waals surface area (Å²) in [5, 5.41) is 3.03. The van der Waals surface area contributed by atoms with Crippen LogP contribution in [0.2, 0.25) is 5.02 Å². The summed E-state index contributed by atoms with van der Waals surface area (Å²) in [6.07, 6.45) is 4.56. The van der Waals surface area contributed by atoms with Crippen molar-refractivity contribution in [1.29, 1.82) is 0 Å². The lowest BCUT2D eigenvalue weighted by molar-refractivity contribution is -0.694. The minimum Gasteiger partial charge on any atom is -0.294 e. The molecule has 0 fully saturated rings. The molecule has 0 saturated heterocycles. The number of nitrogens with zero attached hydrogens (tertiary/aromatic N) is 1. The lowest BCUT2D eigenvalue weighted by Crippen LogP contribution is -2.33. The first-order valence-electron chi connectivity index (χ1n) is 6.89. The van der Waals surface area contributed by atoms with E-state index in [4.69, 9.17) is 11.6 Å². The molecule has 0 radical (unpaired) electrons. The molecule has 3 heteroatoms. The highest BCUT2D eigenvalue weighted by Crippen LogP contribution is 2.12. The Kier molecular flexibility index (Phi) is 3.98. The number of aromatic nitrogens is 1. The monoisotopic (exact) mass is 296 g/mol. The molecule has 0 amide bonds. The van der Waals surface area contributed by atoms with Gasteiger partial charge in [0.25, 0.3) is 0 Å². The molecule has 3 aromatic rings. The molecule has 1 heterocycles. The Morgan fingerprint density at radius 2 is 1.67 bits per heavy atom. The number of fused-ring (bicyclic) bond motifs is 1. The van der Waals surface area contributed by atoms with Crippen LogP contribution in [0.15, 0.2) is 67.0 Å². The molecule has 0 aliphatic rings. The highest BCUT2D eigenvalue weighted by atomic mass is 35.5. The number of carbonyl (C=O) groups excluding carboxylic acids is 1. The van der Waals surface area contributed by atoms with Gasteiger partial charge in [-0.3, -0.25) is 4.79 Å². The van der Waals surface area contributed by atoms with E-state index < -0.39 is 0 Å². The molecule has 1 aromatic heterocycles. The highest BCUT2D eigenvalue weighted by Gasteiger charge is 2.10. The van der Waals surface area contributed by atoms with E-state index in [0.717, 1.165) is 0 Å². The lowest BCUT2D eigenvalue weighted by Gasteiger charge is -2.01. The highest BCUT2D eigenvalue weighted by molar-refractivity contribution is 6.30. The van der Waals surface area contributed by atoms with Crippen molar-refractivity contribution in [3.05, 3.63) is 77.6 Å². The Morgan fingerprint density at radius 1 is 0.952 bits per heavy atom. The fourth-order valence-electron chi connectivity index (χ4n) is 2.33. The first kappa shape index (κ1) is 13.8. The van der Waals surface area contributed by atoms with Crippen molar-refractivity contribution in [2.45, 2.75) is 13.0 Å². The number of aryl methyl sites for hydroxylation is 1. The van der Waals surface area contributed by atoms with Gasteiger partial charge < -0.3 is 0 Å². The van der Waals surface area contributed by atoms with Gasteiger partial charge in [0.2, 0.25) is 0 Å². The van der Waals surface area contributed by atoms with Gasteiger partial charge in [-0.25, -0.2) is 4.57 Å². The first-order valence-corrected chi connectivity index (χ1v) is 7.27. The SMILES string of the molecule is O=C(CC[n+]1ccc2ccccc2c1)c1ccc(Cl)cc1. The van der Waals surface area contributed by atoms with Gasteiger partial charge in [0.15, 0.2) is 24.7 Å². The zero-order valence-electron chi connectivity index (χ0n) is 11.5. The number of Topliss-reactive ketones (excluding diaryl/α,β-unsaturated/α-hetero) is 1. The number of rotatable bonds is 4. The second-order valence-corrected chi connectivity index (χ2v) is 5.43. The minimum atomic E-state index is 0.132. The molecule has 104 valence electrons. The largest absolute Gasteiger partial charge is 0.294 e. The summed E-state index contributed by atoms with van der Waals surface area (Å²) < 4.78 is 2.05. The van der Waals surface area contributed by atoms with Crippen LogP contribution in [-0.2, 0) is 6.54 Å². The van der Waals surface area contributed by atoms with Crippen LogP contribution >= 0.6 is 11.6 Å². The normalized spacial score (nSPS) is 10.7. The zero-order valence-corrected chi connectivity index (χ0v) is 12.3. The predicted octanol–water partition coefficient (Wildman–Crippen LogP) is 4.05. The topological polar surface area (TPSA) is 20.9 Å². The van der Waals surface area contributed by atoms with Crippen molar-refractivity contribution >= 4 is 28.2 Å². The fraction of sp³-hybridized carbons (Fsp3) is 0.111. The van der Waals surface area contributed by atoms with Gasteiger partial charge in [-0.1, -0.05) is 29.8 Å². The number of ketones is 1. The summed E-state index contributed by atoms with van der Waals surface area (Å²) in [6, 6.07) is 17.3. The second-order valence-electron chi connectivity index (χ2n) is 4.99. The maximum Gasteiger partial charge on any atom is 0.176 e. The summed E-state index contributed by atoms with van der Waals surface area (Å²) in [6.45, 7) is 0.673. The summed E-state index contributed by atoms with van der Waals surface area (Å²) >= 11 is 5.83. The Labute approximate surface area is 128 Å². The van der Waals surface area contributed by atoms with Crippen LogP contribution < -0.4 is 4.57 Å². The van der Waals surface area contributed by atoms with E-state index in [2.05, 4.69) is 29.0 Å².